The molecule has 1 aliphatic rings. The van der Waals surface area contributed by atoms with Crippen LogP contribution in [0.3, 0.4) is 0 Å². The molecule has 3 heterocycles. The summed E-state index contributed by atoms with van der Waals surface area (Å²) in [6.45, 7) is 19.1. The summed E-state index contributed by atoms with van der Waals surface area (Å²) in [5, 5.41) is 1.18. The number of aromatic nitrogens is 4. The van der Waals surface area contributed by atoms with Gasteiger partial charge in [-0.15, -0.1) is 0 Å². The third-order valence-corrected chi connectivity index (χ3v) is 10.6. The number of imidazole rings is 1. The molecule has 0 amide bonds. The number of pyridine rings is 1. The van der Waals surface area contributed by atoms with Crippen LogP contribution < -0.4 is 0 Å². The second kappa shape index (κ2) is 16.7. The molecule has 0 aliphatic heterocycles. The molecule has 0 radical (unpaired) electrons. The van der Waals surface area contributed by atoms with Crippen LogP contribution in [-0.4, -0.2) is 19.1 Å². The highest BCUT2D eigenvalue weighted by molar-refractivity contribution is 5.99. The molecule has 4 nitrogen and oxygen atoms in total. The van der Waals surface area contributed by atoms with Gasteiger partial charge in [0.05, 0.1) is 16.6 Å². The average molecular weight is 717 g/mol. The standard InChI is InChI=1S/C51H48N4/c1-7-10-22-40-23-13-11-12-21-36(4)45-35-41(30-31-43(45)37(40)5)39(8-2)34-46-38(6)54(49-28-16-14-25-44(46)49)33-20-24-42(9-3)55-50-29-17-15-26-47(50)53-51(55)48-27-18-19-32-52-48/h7-10,12,14-22,24-36H,1-3,11,13,23H2,4-6H3/b21-12-,22-10-,33-20+,39-34+,40-37-,42-24+. The number of hydrogen-bond acceptors (Lipinski definition) is 2. The first-order valence-corrected chi connectivity index (χ1v) is 19.1. The van der Waals surface area contributed by atoms with Crippen LogP contribution in [0.1, 0.15) is 67.0 Å². The van der Waals surface area contributed by atoms with E-state index in [1.165, 1.54) is 33.2 Å². The van der Waals surface area contributed by atoms with Crippen molar-refractivity contribution in [2.75, 3.05) is 0 Å². The van der Waals surface area contributed by atoms with Gasteiger partial charge in [-0.3, -0.25) is 9.55 Å². The first-order valence-electron chi connectivity index (χ1n) is 19.1. The Morgan fingerprint density at radius 2 is 1.67 bits per heavy atom. The fourth-order valence-corrected chi connectivity index (χ4v) is 7.65. The molecule has 3 aromatic carbocycles. The second-order valence-electron chi connectivity index (χ2n) is 14.0. The summed E-state index contributed by atoms with van der Waals surface area (Å²) in [6.07, 6.45) is 28.3. The predicted octanol–water partition coefficient (Wildman–Crippen LogP) is 13.6. The molecular formula is C51H48N4. The number of fused-ring (bicyclic) bond motifs is 3. The van der Waals surface area contributed by atoms with E-state index >= 15 is 0 Å². The van der Waals surface area contributed by atoms with Crippen molar-refractivity contribution in [3.8, 4) is 11.5 Å². The molecule has 0 saturated carbocycles. The smallest absolute Gasteiger partial charge is 0.164 e. The van der Waals surface area contributed by atoms with E-state index in [0.717, 1.165) is 69.9 Å². The number of hydrogen-bond donors (Lipinski definition) is 0. The number of rotatable bonds is 10. The van der Waals surface area contributed by atoms with E-state index in [1.807, 2.05) is 54.6 Å². The number of allylic oxidation sites excluding steroid dienone is 13. The quantitative estimate of drug-likeness (QED) is 0.104. The molecule has 272 valence electrons. The Hall–Kier alpha value is -6.52. The minimum atomic E-state index is 0.279. The third kappa shape index (κ3) is 7.49. The first kappa shape index (κ1) is 36.8. The summed E-state index contributed by atoms with van der Waals surface area (Å²) < 4.78 is 4.38. The van der Waals surface area contributed by atoms with Gasteiger partial charge >= 0.3 is 0 Å². The molecule has 6 aromatic rings. The highest BCUT2D eigenvalue weighted by Crippen LogP contribution is 2.36. The maximum Gasteiger partial charge on any atom is 0.164 e. The largest absolute Gasteiger partial charge is 0.320 e. The van der Waals surface area contributed by atoms with Gasteiger partial charge in [-0.25, -0.2) is 4.98 Å². The highest BCUT2D eigenvalue weighted by atomic mass is 15.1. The Kier molecular flexibility index (Phi) is 11.1. The average Bonchev–Trinajstić information content (AvgIpc) is 3.73. The maximum absolute atomic E-state index is 4.96. The second-order valence-corrected chi connectivity index (χ2v) is 14.0. The van der Waals surface area contributed by atoms with Crippen molar-refractivity contribution < 1.29 is 0 Å². The lowest BCUT2D eigenvalue weighted by Crippen LogP contribution is -2.01. The zero-order valence-electron chi connectivity index (χ0n) is 32.1. The molecule has 55 heavy (non-hydrogen) atoms. The zero-order valence-corrected chi connectivity index (χ0v) is 32.1. The molecule has 1 atom stereocenters. The van der Waals surface area contributed by atoms with Crippen molar-refractivity contribution in [2.45, 2.75) is 46.0 Å². The lowest BCUT2D eigenvalue weighted by atomic mass is 9.85. The van der Waals surface area contributed by atoms with Gasteiger partial charge in [0.1, 0.15) is 5.69 Å². The van der Waals surface area contributed by atoms with Gasteiger partial charge in [-0.1, -0.05) is 112 Å². The van der Waals surface area contributed by atoms with E-state index in [-0.39, 0.29) is 5.92 Å². The third-order valence-electron chi connectivity index (χ3n) is 10.6. The first-order chi connectivity index (χ1) is 26.9. The summed E-state index contributed by atoms with van der Waals surface area (Å²) in [5.41, 5.74) is 14.6. The lowest BCUT2D eigenvalue weighted by molar-refractivity contribution is 0.832. The fourth-order valence-electron chi connectivity index (χ4n) is 7.65. The molecule has 0 spiro atoms. The molecule has 0 fully saturated rings. The molecule has 7 rings (SSSR count). The number of benzene rings is 3. The molecule has 3 aromatic heterocycles. The summed E-state index contributed by atoms with van der Waals surface area (Å²) in [7, 11) is 0. The molecule has 1 unspecified atom stereocenters. The van der Waals surface area contributed by atoms with E-state index in [9.17, 15) is 0 Å². The minimum Gasteiger partial charge on any atom is -0.320 e. The van der Waals surface area contributed by atoms with Gasteiger partial charge in [-0.2, -0.15) is 0 Å². The number of nitrogens with zero attached hydrogens (tertiary/aromatic N) is 4. The Balaban J connectivity index is 1.30. The molecule has 0 N–H and O–H groups in total. The van der Waals surface area contributed by atoms with E-state index in [1.54, 1.807) is 6.20 Å². The van der Waals surface area contributed by atoms with Gasteiger partial charge in [0.25, 0.3) is 0 Å². The molecule has 1 aliphatic carbocycles. The minimum absolute atomic E-state index is 0.279. The van der Waals surface area contributed by atoms with Crippen LogP contribution in [0.25, 0.3) is 62.6 Å². The SMILES string of the molecule is C=C/C=C\C1=C(/C)c2ccc(/C(C=C)=C/c3c(C)n(/C=C/C=C(\C=C)n4c(-c5ccccn5)nc5ccccc54)c4ccccc34)cc2C(C)/C=C\CCC1. The zero-order chi connectivity index (χ0) is 38.3. The predicted molar refractivity (Wildman–Crippen MR) is 237 cm³/mol. The van der Waals surface area contributed by atoms with Crippen LogP contribution >= 0.6 is 0 Å². The Morgan fingerprint density at radius 1 is 0.873 bits per heavy atom. The van der Waals surface area contributed by atoms with E-state index < -0.39 is 0 Å². The maximum atomic E-state index is 4.96. The van der Waals surface area contributed by atoms with Crippen molar-refractivity contribution in [1.29, 1.82) is 0 Å². The van der Waals surface area contributed by atoms with Crippen LogP contribution in [0.4, 0.5) is 0 Å². The summed E-state index contributed by atoms with van der Waals surface area (Å²) in [6, 6.07) is 29.5. The van der Waals surface area contributed by atoms with Crippen molar-refractivity contribution in [2.24, 2.45) is 0 Å². The van der Waals surface area contributed by atoms with Crippen LogP contribution in [0.2, 0.25) is 0 Å². The molecular weight excluding hydrogens is 669 g/mol. The van der Waals surface area contributed by atoms with E-state index in [0.29, 0.717) is 0 Å². The highest BCUT2D eigenvalue weighted by Gasteiger charge is 2.18. The van der Waals surface area contributed by atoms with Gasteiger partial charge in [0.15, 0.2) is 5.82 Å². The van der Waals surface area contributed by atoms with E-state index in [2.05, 4.69) is 152 Å². The molecule has 0 saturated heterocycles. The van der Waals surface area contributed by atoms with Crippen LogP contribution in [0.15, 0.2) is 171 Å². The summed E-state index contributed by atoms with van der Waals surface area (Å²) >= 11 is 0. The Bertz CT molecular complexity index is 2590. The normalized spacial score (nSPS) is 17.5. The van der Waals surface area contributed by atoms with Crippen molar-refractivity contribution >= 4 is 51.1 Å². The Labute approximate surface area is 325 Å². The van der Waals surface area contributed by atoms with Gasteiger partial charge in [0, 0.05) is 34.7 Å². The summed E-state index contributed by atoms with van der Waals surface area (Å²) in [5.74, 6) is 1.05. The van der Waals surface area contributed by atoms with Gasteiger partial charge < -0.3 is 4.57 Å². The van der Waals surface area contributed by atoms with E-state index in [4.69, 9.17) is 4.98 Å². The lowest BCUT2D eigenvalue weighted by Gasteiger charge is -2.20. The van der Waals surface area contributed by atoms with Crippen molar-refractivity contribution in [3.05, 3.63) is 199 Å². The van der Waals surface area contributed by atoms with Crippen LogP contribution in [0, 0.1) is 6.92 Å². The monoisotopic (exact) mass is 716 g/mol. The fraction of sp³-hybridized carbons (Fsp3) is 0.137. The Morgan fingerprint density at radius 3 is 2.45 bits per heavy atom. The van der Waals surface area contributed by atoms with Crippen molar-refractivity contribution in [1.82, 2.24) is 19.1 Å². The van der Waals surface area contributed by atoms with Gasteiger partial charge in [-0.05, 0) is 133 Å². The van der Waals surface area contributed by atoms with Crippen LogP contribution in [0.5, 0.6) is 0 Å². The topological polar surface area (TPSA) is 35.6 Å². The molecule has 4 heteroatoms. The molecule has 0 bridgehead atoms. The van der Waals surface area contributed by atoms with Gasteiger partial charge in [0.2, 0.25) is 0 Å². The number of para-hydroxylation sites is 3. The van der Waals surface area contributed by atoms with Crippen molar-refractivity contribution in [3.63, 3.8) is 0 Å². The summed E-state index contributed by atoms with van der Waals surface area (Å²) in [4.78, 5) is 9.57. The van der Waals surface area contributed by atoms with Crippen LogP contribution in [-0.2, 0) is 0 Å².